The van der Waals surface area contributed by atoms with Crippen molar-refractivity contribution in [1.29, 1.82) is 0 Å². The average molecular weight is 312 g/mol. The zero-order valence-electron chi connectivity index (χ0n) is 12.8. The number of aryl methyl sites for hydroxylation is 2. The van der Waals surface area contributed by atoms with Gasteiger partial charge in [0.2, 0.25) is 11.8 Å². The lowest BCUT2D eigenvalue weighted by Gasteiger charge is -2.16. The van der Waals surface area contributed by atoms with E-state index in [4.69, 9.17) is 0 Å². The number of amides is 4. The quantitative estimate of drug-likeness (QED) is 0.826. The van der Waals surface area contributed by atoms with Gasteiger partial charge in [-0.25, -0.2) is 9.80 Å². The van der Waals surface area contributed by atoms with Crippen LogP contribution in [-0.4, -0.2) is 34.4 Å². The minimum atomic E-state index is -0.617. The van der Waals surface area contributed by atoms with Crippen molar-refractivity contribution in [2.45, 2.75) is 20.3 Å². The SMILES string of the molecule is Cc1nc2ccccc2c(C)c1CC(=O)NN1CC(=O)NC1=O. The van der Waals surface area contributed by atoms with Crippen LogP contribution < -0.4 is 10.7 Å². The molecule has 0 atom stereocenters. The number of pyridine rings is 1. The molecule has 0 saturated carbocycles. The molecule has 118 valence electrons. The Balaban J connectivity index is 1.82. The van der Waals surface area contributed by atoms with Crippen LogP contribution in [0.5, 0.6) is 0 Å². The smallest absolute Gasteiger partial charge is 0.275 e. The fourth-order valence-electron chi connectivity index (χ4n) is 2.71. The zero-order chi connectivity index (χ0) is 16.6. The number of aromatic nitrogens is 1. The summed E-state index contributed by atoms with van der Waals surface area (Å²) in [6, 6.07) is 7.12. The molecule has 3 rings (SSSR count). The highest BCUT2D eigenvalue weighted by Crippen LogP contribution is 2.22. The summed E-state index contributed by atoms with van der Waals surface area (Å²) >= 11 is 0. The zero-order valence-corrected chi connectivity index (χ0v) is 12.8. The van der Waals surface area contributed by atoms with Crippen molar-refractivity contribution in [2.75, 3.05) is 6.54 Å². The van der Waals surface area contributed by atoms with Crippen molar-refractivity contribution < 1.29 is 14.4 Å². The van der Waals surface area contributed by atoms with Crippen molar-refractivity contribution in [1.82, 2.24) is 20.7 Å². The number of nitrogens with zero attached hydrogens (tertiary/aromatic N) is 2. The maximum absolute atomic E-state index is 12.2. The van der Waals surface area contributed by atoms with Crippen LogP contribution in [0, 0.1) is 13.8 Å². The first kappa shape index (κ1) is 15.0. The average Bonchev–Trinajstić information content (AvgIpc) is 2.81. The summed E-state index contributed by atoms with van der Waals surface area (Å²) in [6.07, 6.45) is 0.0907. The van der Waals surface area contributed by atoms with Crippen LogP contribution in [0.2, 0.25) is 0 Å². The first-order chi connectivity index (χ1) is 11.0. The number of urea groups is 1. The number of carbonyl (C=O) groups excluding carboxylic acids is 3. The molecule has 2 aromatic rings. The number of carbonyl (C=O) groups is 3. The van der Waals surface area contributed by atoms with Crippen molar-refractivity contribution in [3.63, 3.8) is 0 Å². The van der Waals surface area contributed by atoms with E-state index < -0.39 is 11.9 Å². The molecule has 7 heteroatoms. The molecular weight excluding hydrogens is 296 g/mol. The van der Waals surface area contributed by atoms with Crippen LogP contribution in [0.1, 0.15) is 16.8 Å². The van der Waals surface area contributed by atoms with E-state index >= 15 is 0 Å². The first-order valence-corrected chi connectivity index (χ1v) is 7.21. The van der Waals surface area contributed by atoms with Gasteiger partial charge in [-0.1, -0.05) is 18.2 Å². The van der Waals surface area contributed by atoms with Crippen molar-refractivity contribution in [2.24, 2.45) is 0 Å². The Bertz CT molecular complexity index is 831. The molecule has 7 nitrogen and oxygen atoms in total. The van der Waals surface area contributed by atoms with Crippen LogP contribution in [0.4, 0.5) is 4.79 Å². The Kier molecular flexibility index (Phi) is 3.69. The second kappa shape index (κ2) is 5.68. The maximum atomic E-state index is 12.2. The molecule has 0 unspecified atom stereocenters. The number of imide groups is 1. The fourth-order valence-corrected chi connectivity index (χ4v) is 2.71. The van der Waals surface area contributed by atoms with E-state index in [2.05, 4.69) is 15.7 Å². The Morgan fingerprint density at radius 3 is 2.74 bits per heavy atom. The van der Waals surface area contributed by atoms with Crippen LogP contribution in [0.25, 0.3) is 10.9 Å². The fraction of sp³-hybridized carbons (Fsp3) is 0.250. The van der Waals surface area contributed by atoms with Gasteiger partial charge < -0.3 is 0 Å². The molecule has 1 aliphatic rings. The Labute approximate surface area is 132 Å². The normalized spacial score (nSPS) is 14.3. The highest BCUT2D eigenvalue weighted by atomic mass is 16.2. The van der Waals surface area contributed by atoms with E-state index in [1.165, 1.54) is 0 Å². The lowest BCUT2D eigenvalue weighted by atomic mass is 9.99. The molecule has 0 bridgehead atoms. The predicted molar refractivity (Wildman–Crippen MR) is 83.3 cm³/mol. The number of hydrogen-bond donors (Lipinski definition) is 2. The van der Waals surface area contributed by atoms with Crippen LogP contribution in [-0.2, 0) is 16.0 Å². The van der Waals surface area contributed by atoms with Crippen LogP contribution in [0.3, 0.4) is 0 Å². The lowest BCUT2D eigenvalue weighted by molar-refractivity contribution is -0.124. The topological polar surface area (TPSA) is 91.4 Å². The van der Waals surface area contributed by atoms with E-state index in [9.17, 15) is 14.4 Å². The van der Waals surface area contributed by atoms with Gasteiger partial charge in [0.1, 0.15) is 6.54 Å². The molecule has 23 heavy (non-hydrogen) atoms. The van der Waals surface area contributed by atoms with Gasteiger partial charge in [-0.05, 0) is 31.0 Å². The van der Waals surface area contributed by atoms with E-state index in [0.717, 1.165) is 32.7 Å². The third kappa shape index (κ3) is 2.85. The minimum absolute atomic E-state index is 0.0907. The minimum Gasteiger partial charge on any atom is -0.275 e. The molecule has 1 saturated heterocycles. The summed E-state index contributed by atoms with van der Waals surface area (Å²) in [5, 5.41) is 4.08. The van der Waals surface area contributed by atoms with E-state index in [1.54, 1.807) is 0 Å². The van der Waals surface area contributed by atoms with Crippen LogP contribution in [0.15, 0.2) is 24.3 Å². The van der Waals surface area contributed by atoms with Gasteiger partial charge in [-0.15, -0.1) is 0 Å². The van der Waals surface area contributed by atoms with Gasteiger partial charge in [0, 0.05) is 11.1 Å². The summed E-state index contributed by atoms with van der Waals surface area (Å²) in [4.78, 5) is 39.3. The molecule has 2 N–H and O–H groups in total. The van der Waals surface area contributed by atoms with Crippen LogP contribution >= 0.6 is 0 Å². The predicted octanol–water partition coefficient (Wildman–Crippen LogP) is 0.977. The monoisotopic (exact) mass is 312 g/mol. The molecule has 0 spiro atoms. The molecular formula is C16H16N4O3. The van der Waals surface area contributed by atoms with Gasteiger partial charge in [-0.2, -0.15) is 0 Å². The van der Waals surface area contributed by atoms with Gasteiger partial charge in [0.15, 0.2) is 0 Å². The maximum Gasteiger partial charge on any atom is 0.343 e. The third-order valence-electron chi connectivity index (χ3n) is 3.88. The molecule has 4 amide bonds. The van der Waals surface area contributed by atoms with Crippen molar-refractivity contribution in [3.05, 3.63) is 41.1 Å². The largest absolute Gasteiger partial charge is 0.343 e. The van der Waals surface area contributed by atoms with Crippen molar-refractivity contribution in [3.8, 4) is 0 Å². The number of para-hydroxylation sites is 1. The number of hydrazine groups is 1. The second-order valence-electron chi connectivity index (χ2n) is 5.47. The lowest BCUT2D eigenvalue weighted by Crippen LogP contribution is -2.44. The number of nitrogens with one attached hydrogen (secondary N) is 2. The number of hydrogen-bond acceptors (Lipinski definition) is 4. The van der Waals surface area contributed by atoms with Gasteiger partial charge in [-0.3, -0.25) is 25.3 Å². The summed E-state index contributed by atoms with van der Waals surface area (Å²) in [5.74, 6) is -0.798. The van der Waals surface area contributed by atoms with Gasteiger partial charge in [0.05, 0.1) is 11.9 Å². The highest BCUT2D eigenvalue weighted by Gasteiger charge is 2.28. The highest BCUT2D eigenvalue weighted by molar-refractivity contribution is 6.02. The summed E-state index contributed by atoms with van der Waals surface area (Å²) in [7, 11) is 0. The second-order valence-corrected chi connectivity index (χ2v) is 5.47. The standard InChI is InChI=1S/C16H16N4O3/c1-9-11-5-3-4-6-13(11)17-10(2)12(9)7-14(21)19-20-8-15(22)18-16(20)23/h3-6H,7-8H2,1-2H3,(H,19,21)(H,18,22,23). The molecule has 0 radical (unpaired) electrons. The number of fused-ring (bicyclic) bond motifs is 1. The Hall–Kier alpha value is -2.96. The van der Waals surface area contributed by atoms with Gasteiger partial charge >= 0.3 is 6.03 Å². The van der Waals surface area contributed by atoms with E-state index in [0.29, 0.717) is 0 Å². The van der Waals surface area contributed by atoms with E-state index in [1.807, 2.05) is 38.1 Å². The summed E-state index contributed by atoms with van der Waals surface area (Å²) in [5.41, 5.74) is 5.92. The van der Waals surface area contributed by atoms with E-state index in [-0.39, 0.29) is 18.9 Å². The third-order valence-corrected chi connectivity index (χ3v) is 3.88. The molecule has 1 aromatic heterocycles. The molecule has 1 fully saturated rings. The number of rotatable bonds is 3. The first-order valence-electron chi connectivity index (χ1n) is 7.21. The summed E-state index contributed by atoms with van der Waals surface area (Å²) < 4.78 is 0. The molecule has 0 aliphatic carbocycles. The summed E-state index contributed by atoms with van der Waals surface area (Å²) in [6.45, 7) is 3.64. The molecule has 2 heterocycles. The Morgan fingerprint density at radius 1 is 1.30 bits per heavy atom. The Morgan fingerprint density at radius 2 is 2.04 bits per heavy atom. The number of benzene rings is 1. The van der Waals surface area contributed by atoms with Gasteiger partial charge in [0.25, 0.3) is 0 Å². The molecule has 1 aliphatic heterocycles. The van der Waals surface area contributed by atoms with Crippen molar-refractivity contribution >= 4 is 28.7 Å². The molecule has 1 aromatic carbocycles.